The van der Waals surface area contributed by atoms with Gasteiger partial charge in [-0.15, -0.1) is 0 Å². The van der Waals surface area contributed by atoms with Gasteiger partial charge < -0.3 is 9.84 Å². The Balaban J connectivity index is 1.61. The first-order chi connectivity index (χ1) is 16.4. The van der Waals surface area contributed by atoms with Gasteiger partial charge in [0.05, 0.1) is 24.5 Å². The van der Waals surface area contributed by atoms with Crippen LogP contribution >= 0.6 is 0 Å². The second kappa shape index (κ2) is 7.92. The third-order valence-corrected chi connectivity index (χ3v) is 13.5. The second-order valence-electron chi connectivity index (χ2n) is 14.3. The van der Waals surface area contributed by atoms with Gasteiger partial charge in [0, 0.05) is 6.42 Å². The molecule has 10 atom stereocenters. The molecule has 196 valence electrons. The zero-order valence-electron chi connectivity index (χ0n) is 23.2. The lowest BCUT2D eigenvalue weighted by molar-refractivity contribution is -0.196. The fourth-order valence-electron chi connectivity index (χ4n) is 10.9. The summed E-state index contributed by atoms with van der Waals surface area (Å²) in [5, 5.41) is 10.4. The Morgan fingerprint density at radius 3 is 2.40 bits per heavy atom. The minimum atomic E-state index is -0.612. The first kappa shape index (κ1) is 25.5. The van der Waals surface area contributed by atoms with E-state index in [4.69, 9.17) is 4.74 Å². The summed E-state index contributed by atoms with van der Waals surface area (Å²) >= 11 is 0. The number of hydrogen-bond acceptors (Lipinski definition) is 4. The highest BCUT2D eigenvalue weighted by Gasteiger charge is 2.70. The first-order valence-electron chi connectivity index (χ1n) is 14.3. The molecule has 5 aliphatic carbocycles. The maximum Gasteiger partial charge on any atom is 0.312 e. The van der Waals surface area contributed by atoms with Crippen LogP contribution in [0.2, 0.25) is 0 Å². The van der Waals surface area contributed by atoms with Gasteiger partial charge in [0.15, 0.2) is 0 Å². The standard InChI is InChI=1S/C31H48O4/c1-19-10-15-31(26(34)35-7)17-16-29(5)21(25(31)20(19)2)8-9-23-27(3)13-12-24(33)28(4,18-32)22(27)11-14-30(23,29)6/h8,19-20,22-23,25,32H,9-18H2,1-7H3/t19-,20+,22-,23-,25+,27+,28-,29-,30-,31+/m1/s1. The van der Waals surface area contributed by atoms with Crippen LogP contribution in [-0.2, 0) is 14.3 Å². The topological polar surface area (TPSA) is 63.6 Å². The molecular formula is C31H48O4. The van der Waals surface area contributed by atoms with Crippen molar-refractivity contribution in [2.75, 3.05) is 13.7 Å². The molecule has 0 bridgehead atoms. The van der Waals surface area contributed by atoms with Gasteiger partial charge in [-0.2, -0.15) is 0 Å². The minimum Gasteiger partial charge on any atom is -0.469 e. The van der Waals surface area contributed by atoms with E-state index in [1.165, 1.54) is 0 Å². The largest absolute Gasteiger partial charge is 0.469 e. The minimum absolute atomic E-state index is 0.0108. The predicted molar refractivity (Wildman–Crippen MR) is 137 cm³/mol. The van der Waals surface area contributed by atoms with E-state index in [1.807, 2.05) is 6.92 Å². The van der Waals surface area contributed by atoms with Gasteiger partial charge >= 0.3 is 5.97 Å². The van der Waals surface area contributed by atoms with E-state index in [-0.39, 0.29) is 51.9 Å². The Bertz CT molecular complexity index is 954. The van der Waals surface area contributed by atoms with Crippen LogP contribution in [0.5, 0.6) is 0 Å². The van der Waals surface area contributed by atoms with E-state index in [1.54, 1.807) is 12.7 Å². The lowest BCUT2D eigenvalue weighted by Gasteiger charge is -2.70. The summed E-state index contributed by atoms with van der Waals surface area (Å²) in [4.78, 5) is 26.4. The summed E-state index contributed by atoms with van der Waals surface area (Å²) in [5.41, 5.74) is 0.787. The van der Waals surface area contributed by atoms with Crippen molar-refractivity contribution in [1.29, 1.82) is 0 Å². The molecule has 5 rings (SSSR count). The Labute approximate surface area is 212 Å². The van der Waals surface area contributed by atoms with Crippen LogP contribution in [0.25, 0.3) is 0 Å². The van der Waals surface area contributed by atoms with Crippen LogP contribution in [-0.4, -0.2) is 30.6 Å². The molecule has 0 aromatic heterocycles. The summed E-state index contributed by atoms with van der Waals surface area (Å²) in [7, 11) is 1.57. The molecule has 0 aromatic carbocycles. The lowest BCUT2D eigenvalue weighted by atomic mass is 9.33. The average molecular weight is 485 g/mol. The molecule has 4 fully saturated rings. The summed E-state index contributed by atoms with van der Waals surface area (Å²) in [6.07, 6.45) is 11.2. The van der Waals surface area contributed by atoms with Crippen LogP contribution in [0.15, 0.2) is 11.6 Å². The first-order valence-corrected chi connectivity index (χ1v) is 14.3. The third-order valence-electron chi connectivity index (χ3n) is 13.5. The number of hydrogen-bond donors (Lipinski definition) is 1. The summed E-state index contributed by atoms with van der Waals surface area (Å²) in [5.74, 6) is 2.33. The molecule has 0 heterocycles. The summed E-state index contributed by atoms with van der Waals surface area (Å²) in [6, 6.07) is 0. The van der Waals surface area contributed by atoms with Gasteiger partial charge in [-0.1, -0.05) is 53.2 Å². The SMILES string of the molecule is COC(=O)[C@]12CC[C@@H](C)[C@H](C)[C@H]1C1=CC[C@@H]3[C@@]4(C)CCC(=O)[C@](C)(CO)[C@@H]4CC[C@@]3(C)[C@]1(C)CC2. The van der Waals surface area contributed by atoms with Gasteiger partial charge in [-0.05, 0) is 97.2 Å². The molecule has 0 amide bonds. The number of ether oxygens (including phenoxy) is 1. The van der Waals surface area contributed by atoms with Crippen molar-refractivity contribution < 1.29 is 19.4 Å². The normalized spacial score (nSPS) is 53.4. The Morgan fingerprint density at radius 2 is 1.74 bits per heavy atom. The number of ketones is 1. The molecule has 0 aliphatic heterocycles. The van der Waals surface area contributed by atoms with E-state index < -0.39 is 5.41 Å². The van der Waals surface area contributed by atoms with Gasteiger partial charge in [0.25, 0.3) is 0 Å². The van der Waals surface area contributed by atoms with Crippen LogP contribution in [0.3, 0.4) is 0 Å². The Morgan fingerprint density at radius 1 is 1.03 bits per heavy atom. The van der Waals surface area contributed by atoms with Crippen LogP contribution in [0.1, 0.15) is 99.3 Å². The number of aliphatic hydroxyl groups is 1. The molecule has 0 saturated heterocycles. The van der Waals surface area contributed by atoms with Crippen molar-refractivity contribution in [3.63, 3.8) is 0 Å². The highest BCUT2D eigenvalue weighted by Crippen LogP contribution is 2.75. The van der Waals surface area contributed by atoms with Crippen LogP contribution < -0.4 is 0 Å². The molecule has 35 heavy (non-hydrogen) atoms. The van der Waals surface area contributed by atoms with Crippen molar-refractivity contribution in [3.05, 3.63) is 11.6 Å². The van der Waals surface area contributed by atoms with E-state index in [9.17, 15) is 14.7 Å². The zero-order chi connectivity index (χ0) is 25.6. The summed E-state index contributed by atoms with van der Waals surface area (Å²) < 4.78 is 5.49. The quantitative estimate of drug-likeness (QED) is 0.366. The molecule has 5 aliphatic rings. The number of esters is 1. The van der Waals surface area contributed by atoms with Gasteiger partial charge in [-0.3, -0.25) is 9.59 Å². The maximum atomic E-state index is 13.4. The number of methoxy groups -OCH3 is 1. The zero-order valence-corrected chi connectivity index (χ0v) is 23.2. The van der Waals surface area contributed by atoms with Crippen molar-refractivity contribution >= 4 is 11.8 Å². The lowest BCUT2D eigenvalue weighted by Crippen LogP contribution is -2.65. The smallest absolute Gasteiger partial charge is 0.312 e. The van der Waals surface area contributed by atoms with Gasteiger partial charge in [0.1, 0.15) is 5.78 Å². The second-order valence-corrected chi connectivity index (χ2v) is 14.3. The number of rotatable bonds is 2. The van der Waals surface area contributed by atoms with Crippen molar-refractivity contribution in [2.24, 2.45) is 56.7 Å². The highest BCUT2D eigenvalue weighted by atomic mass is 16.5. The third kappa shape index (κ3) is 2.95. The highest BCUT2D eigenvalue weighted by molar-refractivity contribution is 5.86. The number of carbonyl (C=O) groups excluding carboxylic acids is 2. The molecule has 0 radical (unpaired) electrons. The van der Waals surface area contributed by atoms with Crippen LogP contribution in [0.4, 0.5) is 0 Å². The average Bonchev–Trinajstić information content (AvgIpc) is 2.83. The molecular weight excluding hydrogens is 436 g/mol. The number of allylic oxidation sites excluding steroid dienone is 2. The molecule has 0 aromatic rings. The van der Waals surface area contributed by atoms with Crippen LogP contribution in [0, 0.1) is 56.7 Å². The van der Waals surface area contributed by atoms with Gasteiger partial charge in [-0.25, -0.2) is 0 Å². The molecule has 4 saturated carbocycles. The number of aliphatic hydroxyl groups excluding tert-OH is 1. The molecule has 0 unspecified atom stereocenters. The predicted octanol–water partition coefficient (Wildman–Crippen LogP) is 6.36. The number of carbonyl (C=O) groups is 2. The monoisotopic (exact) mass is 484 g/mol. The van der Waals surface area contributed by atoms with Gasteiger partial charge in [0.2, 0.25) is 0 Å². The molecule has 4 heteroatoms. The van der Waals surface area contributed by atoms with E-state index in [0.717, 1.165) is 51.4 Å². The molecule has 1 N–H and O–H groups in total. The van der Waals surface area contributed by atoms with E-state index in [2.05, 4.69) is 40.7 Å². The van der Waals surface area contributed by atoms with Crippen molar-refractivity contribution in [3.8, 4) is 0 Å². The fourth-order valence-corrected chi connectivity index (χ4v) is 10.9. The Hall–Kier alpha value is -1.16. The maximum absolute atomic E-state index is 13.4. The van der Waals surface area contributed by atoms with Crippen molar-refractivity contribution in [2.45, 2.75) is 99.3 Å². The fraction of sp³-hybridized carbons (Fsp3) is 0.871. The number of fused-ring (bicyclic) bond motifs is 7. The molecule has 0 spiro atoms. The Kier molecular flexibility index (Phi) is 5.77. The molecule has 4 nitrogen and oxygen atoms in total. The van der Waals surface area contributed by atoms with E-state index >= 15 is 0 Å². The van der Waals surface area contributed by atoms with E-state index in [0.29, 0.717) is 24.2 Å². The number of Topliss-reactive ketones (excluding diaryl/α,β-unsaturated/α-hetero) is 1. The van der Waals surface area contributed by atoms with Crippen molar-refractivity contribution in [1.82, 2.24) is 0 Å². The summed E-state index contributed by atoms with van der Waals surface area (Å²) in [6.45, 7) is 14.2.